The van der Waals surface area contributed by atoms with Crippen molar-refractivity contribution in [1.82, 2.24) is 10.2 Å². The SMILES string of the molecule is CC[C@H](C)NC(=O)[C@@H](C)N(Cc1cccc(C)c1)C(=O)CCCN1c2cccc3cccc(c23)S1(=O)=O. The molecule has 1 aliphatic heterocycles. The van der Waals surface area contributed by atoms with E-state index in [4.69, 9.17) is 0 Å². The Morgan fingerprint density at radius 2 is 1.73 bits per heavy atom. The van der Waals surface area contributed by atoms with E-state index in [2.05, 4.69) is 5.32 Å². The highest BCUT2D eigenvalue weighted by molar-refractivity contribution is 7.93. The number of benzene rings is 3. The van der Waals surface area contributed by atoms with Gasteiger partial charge in [-0.1, -0.05) is 61.0 Å². The van der Waals surface area contributed by atoms with Crippen molar-refractivity contribution in [3.8, 4) is 0 Å². The Morgan fingerprint density at radius 3 is 2.43 bits per heavy atom. The summed E-state index contributed by atoms with van der Waals surface area (Å²) < 4.78 is 27.9. The molecule has 0 fully saturated rings. The standard InChI is InChI=1S/C29H35N3O4S/c1-5-21(3)30-29(34)22(4)31(19-23-11-6-10-20(2)18-23)27(33)16-9-17-32-25-14-7-12-24-13-8-15-26(28(24)25)37(32,35)36/h6-8,10-15,18,21-22H,5,9,16-17,19H2,1-4H3,(H,30,34)/t21-,22+/m0/s1. The van der Waals surface area contributed by atoms with E-state index in [0.29, 0.717) is 23.5 Å². The van der Waals surface area contributed by atoms with Crippen LogP contribution in [0.3, 0.4) is 0 Å². The molecule has 37 heavy (non-hydrogen) atoms. The molecular formula is C29H35N3O4S. The molecule has 0 bridgehead atoms. The summed E-state index contributed by atoms with van der Waals surface area (Å²) in [4.78, 5) is 28.3. The second-order valence-corrected chi connectivity index (χ2v) is 11.6. The Morgan fingerprint density at radius 1 is 1.03 bits per heavy atom. The molecule has 1 heterocycles. The van der Waals surface area contributed by atoms with Crippen LogP contribution < -0.4 is 9.62 Å². The normalized spacial score (nSPS) is 15.4. The number of anilines is 1. The minimum absolute atomic E-state index is 0.00980. The van der Waals surface area contributed by atoms with Gasteiger partial charge < -0.3 is 10.2 Å². The van der Waals surface area contributed by atoms with Gasteiger partial charge in [-0.3, -0.25) is 13.9 Å². The van der Waals surface area contributed by atoms with Crippen molar-refractivity contribution >= 4 is 38.3 Å². The first-order chi connectivity index (χ1) is 17.6. The average Bonchev–Trinajstić information content (AvgIpc) is 3.09. The van der Waals surface area contributed by atoms with E-state index in [0.717, 1.165) is 28.3 Å². The molecule has 0 spiro atoms. The van der Waals surface area contributed by atoms with E-state index in [1.54, 1.807) is 24.0 Å². The number of hydrogen-bond donors (Lipinski definition) is 1. The molecule has 0 unspecified atom stereocenters. The molecule has 3 aromatic rings. The first-order valence-electron chi connectivity index (χ1n) is 12.8. The minimum atomic E-state index is -3.67. The summed E-state index contributed by atoms with van der Waals surface area (Å²) in [7, 11) is -3.67. The Labute approximate surface area is 219 Å². The summed E-state index contributed by atoms with van der Waals surface area (Å²) in [6, 6.07) is 18.1. The van der Waals surface area contributed by atoms with Crippen LogP contribution in [-0.4, -0.2) is 43.8 Å². The van der Waals surface area contributed by atoms with Crippen molar-refractivity contribution in [2.75, 3.05) is 10.8 Å². The number of aryl methyl sites for hydroxylation is 1. The first-order valence-corrected chi connectivity index (χ1v) is 14.3. The van der Waals surface area contributed by atoms with Gasteiger partial charge in [0.25, 0.3) is 10.0 Å². The fourth-order valence-corrected chi connectivity index (χ4v) is 6.52. The lowest BCUT2D eigenvalue weighted by Crippen LogP contribution is -2.49. The molecule has 196 valence electrons. The van der Waals surface area contributed by atoms with Crippen LogP contribution in [0.5, 0.6) is 0 Å². The molecule has 4 rings (SSSR count). The van der Waals surface area contributed by atoms with Crippen molar-refractivity contribution < 1.29 is 18.0 Å². The van der Waals surface area contributed by atoms with Gasteiger partial charge in [-0.05, 0) is 56.7 Å². The molecule has 0 radical (unpaired) electrons. The van der Waals surface area contributed by atoms with Crippen molar-refractivity contribution in [1.29, 1.82) is 0 Å². The van der Waals surface area contributed by atoms with Crippen LogP contribution in [0.15, 0.2) is 65.6 Å². The molecule has 2 amide bonds. The smallest absolute Gasteiger partial charge is 0.265 e. The zero-order valence-corrected chi connectivity index (χ0v) is 22.7. The fourth-order valence-electron chi connectivity index (χ4n) is 4.77. The van der Waals surface area contributed by atoms with Gasteiger partial charge in [0, 0.05) is 30.9 Å². The molecule has 0 saturated heterocycles. The summed E-state index contributed by atoms with van der Waals surface area (Å²) >= 11 is 0. The number of nitrogens with one attached hydrogen (secondary N) is 1. The summed E-state index contributed by atoms with van der Waals surface area (Å²) in [5.74, 6) is -0.375. The van der Waals surface area contributed by atoms with Gasteiger partial charge in [0.15, 0.2) is 0 Å². The molecule has 2 atom stereocenters. The van der Waals surface area contributed by atoms with Crippen molar-refractivity contribution in [3.05, 3.63) is 71.8 Å². The highest BCUT2D eigenvalue weighted by atomic mass is 32.2. The van der Waals surface area contributed by atoms with Crippen LogP contribution in [0, 0.1) is 6.92 Å². The van der Waals surface area contributed by atoms with E-state index in [9.17, 15) is 18.0 Å². The summed E-state index contributed by atoms with van der Waals surface area (Å²) in [6.45, 7) is 8.16. The van der Waals surface area contributed by atoms with Crippen molar-refractivity contribution in [2.24, 2.45) is 0 Å². The number of carbonyl (C=O) groups excluding carboxylic acids is 2. The Bertz CT molecular complexity index is 1410. The molecular weight excluding hydrogens is 486 g/mol. The van der Waals surface area contributed by atoms with E-state index in [-0.39, 0.29) is 30.8 Å². The third-order valence-corrected chi connectivity index (χ3v) is 8.89. The van der Waals surface area contributed by atoms with E-state index in [1.807, 2.05) is 69.3 Å². The lowest BCUT2D eigenvalue weighted by atomic mass is 10.1. The van der Waals surface area contributed by atoms with Gasteiger partial charge >= 0.3 is 0 Å². The predicted octanol–water partition coefficient (Wildman–Crippen LogP) is 4.77. The molecule has 1 aliphatic rings. The second-order valence-electron chi connectivity index (χ2n) is 9.82. The van der Waals surface area contributed by atoms with E-state index >= 15 is 0 Å². The van der Waals surface area contributed by atoms with Gasteiger partial charge in [-0.15, -0.1) is 0 Å². The number of amides is 2. The summed E-state index contributed by atoms with van der Waals surface area (Å²) in [5, 5.41) is 4.58. The maximum Gasteiger partial charge on any atom is 0.265 e. The lowest BCUT2D eigenvalue weighted by Gasteiger charge is -2.30. The largest absolute Gasteiger partial charge is 0.352 e. The van der Waals surface area contributed by atoms with Crippen LogP contribution in [-0.2, 0) is 26.2 Å². The van der Waals surface area contributed by atoms with Crippen molar-refractivity contribution in [3.63, 3.8) is 0 Å². The van der Waals surface area contributed by atoms with Crippen LogP contribution in [0.25, 0.3) is 10.8 Å². The molecule has 3 aromatic carbocycles. The van der Waals surface area contributed by atoms with Crippen molar-refractivity contribution in [2.45, 2.75) is 70.5 Å². The summed E-state index contributed by atoms with van der Waals surface area (Å²) in [6.07, 6.45) is 1.27. The topological polar surface area (TPSA) is 86.8 Å². The number of rotatable bonds is 10. The maximum absolute atomic E-state index is 13.5. The molecule has 0 saturated carbocycles. The van der Waals surface area contributed by atoms with Crippen LogP contribution in [0.2, 0.25) is 0 Å². The van der Waals surface area contributed by atoms with Gasteiger partial charge in [-0.25, -0.2) is 8.42 Å². The quantitative estimate of drug-likeness (QED) is 0.416. The van der Waals surface area contributed by atoms with Gasteiger partial charge in [-0.2, -0.15) is 0 Å². The highest BCUT2D eigenvalue weighted by Gasteiger charge is 2.35. The first kappa shape index (κ1) is 26.7. The number of hydrogen-bond acceptors (Lipinski definition) is 4. The van der Waals surface area contributed by atoms with Gasteiger partial charge in [0.05, 0.1) is 10.6 Å². The number of nitrogens with zero attached hydrogens (tertiary/aromatic N) is 2. The van der Waals surface area contributed by atoms with Gasteiger partial charge in [0.2, 0.25) is 11.8 Å². The molecule has 7 nitrogen and oxygen atoms in total. The zero-order valence-electron chi connectivity index (χ0n) is 21.9. The van der Waals surface area contributed by atoms with Gasteiger partial charge in [0.1, 0.15) is 6.04 Å². The molecule has 1 N–H and O–H groups in total. The van der Waals surface area contributed by atoms with Crippen LogP contribution in [0.4, 0.5) is 5.69 Å². The van der Waals surface area contributed by atoms with Crippen LogP contribution in [0.1, 0.15) is 51.2 Å². The van der Waals surface area contributed by atoms with E-state index < -0.39 is 16.1 Å². The third kappa shape index (κ3) is 5.49. The highest BCUT2D eigenvalue weighted by Crippen LogP contribution is 2.42. The van der Waals surface area contributed by atoms with E-state index in [1.165, 1.54) is 4.31 Å². The Hall–Kier alpha value is -3.39. The molecule has 0 aliphatic carbocycles. The number of sulfonamides is 1. The predicted molar refractivity (Wildman–Crippen MR) is 147 cm³/mol. The Kier molecular flexibility index (Phi) is 7.87. The second kappa shape index (κ2) is 10.9. The summed E-state index contributed by atoms with van der Waals surface area (Å²) in [5.41, 5.74) is 2.67. The molecule has 0 aromatic heterocycles. The fraction of sp³-hybridized carbons (Fsp3) is 0.379. The average molecular weight is 522 g/mol. The monoisotopic (exact) mass is 521 g/mol. The minimum Gasteiger partial charge on any atom is -0.352 e. The zero-order chi connectivity index (χ0) is 26.7. The number of carbonyl (C=O) groups is 2. The maximum atomic E-state index is 13.5. The molecule has 8 heteroatoms. The lowest BCUT2D eigenvalue weighted by molar-refractivity contribution is -0.140. The van der Waals surface area contributed by atoms with Crippen LogP contribution >= 0.6 is 0 Å². The third-order valence-electron chi connectivity index (χ3n) is 7.04. The Balaban J connectivity index is 1.50.